The molecule has 1 aromatic carbocycles. The molecule has 2 N–H and O–H groups in total. The number of hydrogen-bond acceptors (Lipinski definition) is 4. The van der Waals surface area contributed by atoms with Gasteiger partial charge in [0, 0.05) is 13.1 Å². The summed E-state index contributed by atoms with van der Waals surface area (Å²) in [6.45, 7) is 4.43. The molecule has 0 saturated carbocycles. The molecular formula is C15H23NO3. The fraction of sp³-hybridized carbons (Fsp3) is 0.600. The topological polar surface area (TPSA) is 52.9 Å². The summed E-state index contributed by atoms with van der Waals surface area (Å²) in [5.41, 5.74) is 1.07. The minimum Gasteiger partial charge on any atom is -0.491 e. The van der Waals surface area contributed by atoms with Gasteiger partial charge in [-0.05, 0) is 37.9 Å². The summed E-state index contributed by atoms with van der Waals surface area (Å²) in [6.07, 6.45) is 1.09. The number of β-amino-alcohol motifs (C(OH)–C–C–N with tert-alkyl or cyclic N) is 2. The molecule has 0 aliphatic carbocycles. The molecule has 0 aromatic heterocycles. The number of piperidine rings is 1. The van der Waals surface area contributed by atoms with Crippen molar-refractivity contribution in [3.8, 4) is 5.75 Å². The third-order valence-electron chi connectivity index (χ3n) is 3.47. The van der Waals surface area contributed by atoms with Crippen LogP contribution in [0.3, 0.4) is 0 Å². The molecule has 19 heavy (non-hydrogen) atoms. The number of aryl methyl sites for hydroxylation is 1. The molecule has 4 heteroatoms. The summed E-state index contributed by atoms with van der Waals surface area (Å²) in [7, 11) is 0. The van der Waals surface area contributed by atoms with Gasteiger partial charge in [-0.25, -0.2) is 0 Å². The Hall–Kier alpha value is -1.10. The van der Waals surface area contributed by atoms with Crippen molar-refractivity contribution in [2.45, 2.75) is 32.0 Å². The molecule has 1 aromatic rings. The Labute approximate surface area is 114 Å². The summed E-state index contributed by atoms with van der Waals surface area (Å²) >= 11 is 0. The van der Waals surface area contributed by atoms with Crippen molar-refractivity contribution in [3.63, 3.8) is 0 Å². The van der Waals surface area contributed by atoms with Crippen LogP contribution in [-0.4, -0.2) is 53.6 Å². The lowest BCUT2D eigenvalue weighted by Gasteiger charge is -2.31. The van der Waals surface area contributed by atoms with Crippen molar-refractivity contribution in [1.82, 2.24) is 4.90 Å². The second-order valence-electron chi connectivity index (χ2n) is 5.29. The predicted octanol–water partition coefficient (Wildman–Crippen LogP) is 1.19. The van der Waals surface area contributed by atoms with E-state index in [9.17, 15) is 10.2 Å². The lowest BCUT2D eigenvalue weighted by Crippen LogP contribution is -2.43. The van der Waals surface area contributed by atoms with Crippen molar-refractivity contribution in [3.05, 3.63) is 29.8 Å². The fourth-order valence-corrected chi connectivity index (χ4v) is 2.45. The molecule has 2 rings (SSSR count). The van der Waals surface area contributed by atoms with Crippen LogP contribution in [0.2, 0.25) is 0 Å². The van der Waals surface area contributed by atoms with Crippen LogP contribution in [0.5, 0.6) is 5.75 Å². The second-order valence-corrected chi connectivity index (χ2v) is 5.29. The van der Waals surface area contributed by atoms with E-state index in [1.165, 1.54) is 0 Å². The van der Waals surface area contributed by atoms with Crippen molar-refractivity contribution in [1.29, 1.82) is 0 Å². The Morgan fingerprint density at radius 3 is 2.95 bits per heavy atom. The first kappa shape index (κ1) is 14.3. The Morgan fingerprint density at radius 1 is 1.42 bits per heavy atom. The van der Waals surface area contributed by atoms with Gasteiger partial charge in [-0.2, -0.15) is 0 Å². The van der Waals surface area contributed by atoms with Gasteiger partial charge >= 0.3 is 0 Å². The third kappa shape index (κ3) is 4.49. The Bertz CT molecular complexity index is 397. The van der Waals surface area contributed by atoms with Crippen molar-refractivity contribution in [2.75, 3.05) is 26.2 Å². The summed E-state index contributed by atoms with van der Waals surface area (Å²) in [6, 6.07) is 7.79. The van der Waals surface area contributed by atoms with Crippen LogP contribution in [0, 0.1) is 6.92 Å². The Balaban J connectivity index is 1.75. The van der Waals surface area contributed by atoms with Crippen molar-refractivity contribution in [2.24, 2.45) is 0 Å². The number of aliphatic hydroxyl groups excluding tert-OH is 2. The minimum atomic E-state index is -0.523. The van der Waals surface area contributed by atoms with Crippen molar-refractivity contribution >= 4 is 0 Å². The van der Waals surface area contributed by atoms with E-state index in [4.69, 9.17) is 4.74 Å². The number of hydrogen-bond donors (Lipinski definition) is 2. The van der Waals surface area contributed by atoms with E-state index in [1.807, 2.05) is 31.2 Å². The SMILES string of the molecule is Cc1ccccc1OC[C@@H](O)CN1CCC[C@@H](O)C1. The monoisotopic (exact) mass is 265 g/mol. The maximum Gasteiger partial charge on any atom is 0.122 e. The third-order valence-corrected chi connectivity index (χ3v) is 3.47. The van der Waals surface area contributed by atoms with Gasteiger partial charge in [-0.1, -0.05) is 18.2 Å². The van der Waals surface area contributed by atoms with E-state index in [-0.39, 0.29) is 12.7 Å². The molecule has 4 nitrogen and oxygen atoms in total. The van der Waals surface area contributed by atoms with E-state index >= 15 is 0 Å². The van der Waals surface area contributed by atoms with Gasteiger partial charge in [0.15, 0.2) is 0 Å². The molecule has 2 atom stereocenters. The quantitative estimate of drug-likeness (QED) is 0.840. The average molecular weight is 265 g/mol. The van der Waals surface area contributed by atoms with Gasteiger partial charge in [0.1, 0.15) is 18.5 Å². The smallest absolute Gasteiger partial charge is 0.122 e. The molecule has 1 fully saturated rings. The van der Waals surface area contributed by atoms with E-state index in [2.05, 4.69) is 4.90 Å². The molecule has 1 saturated heterocycles. The number of rotatable bonds is 5. The molecule has 1 aliphatic rings. The highest BCUT2D eigenvalue weighted by Crippen LogP contribution is 2.16. The van der Waals surface area contributed by atoms with Crippen LogP contribution >= 0.6 is 0 Å². The van der Waals surface area contributed by atoms with E-state index in [0.717, 1.165) is 30.7 Å². The molecule has 0 unspecified atom stereocenters. The van der Waals surface area contributed by atoms with Crippen LogP contribution in [-0.2, 0) is 0 Å². The highest BCUT2D eigenvalue weighted by Gasteiger charge is 2.20. The Morgan fingerprint density at radius 2 is 2.21 bits per heavy atom. The minimum absolute atomic E-state index is 0.252. The Kier molecular flexibility index (Phi) is 5.19. The summed E-state index contributed by atoms with van der Waals surface area (Å²) < 4.78 is 5.63. The largest absolute Gasteiger partial charge is 0.491 e. The predicted molar refractivity (Wildman–Crippen MR) is 74.4 cm³/mol. The molecule has 0 spiro atoms. The highest BCUT2D eigenvalue weighted by atomic mass is 16.5. The molecule has 0 amide bonds. The molecule has 1 heterocycles. The van der Waals surface area contributed by atoms with Gasteiger partial charge < -0.3 is 14.9 Å². The fourth-order valence-electron chi connectivity index (χ4n) is 2.45. The number of ether oxygens (including phenoxy) is 1. The molecule has 0 bridgehead atoms. The van der Waals surface area contributed by atoms with Crippen LogP contribution in [0.1, 0.15) is 18.4 Å². The standard InChI is InChI=1S/C15H23NO3/c1-12-5-2-3-7-15(12)19-11-14(18)10-16-8-4-6-13(17)9-16/h2-3,5,7,13-14,17-18H,4,6,8-11H2,1H3/t13-,14+/m1/s1. The van der Waals surface area contributed by atoms with Gasteiger partial charge in [-0.15, -0.1) is 0 Å². The maximum atomic E-state index is 9.99. The lowest BCUT2D eigenvalue weighted by molar-refractivity contribution is 0.0242. The van der Waals surface area contributed by atoms with E-state index < -0.39 is 6.10 Å². The number of aliphatic hydroxyl groups is 2. The van der Waals surface area contributed by atoms with Crippen LogP contribution in [0.4, 0.5) is 0 Å². The first-order valence-corrected chi connectivity index (χ1v) is 6.92. The number of benzene rings is 1. The second kappa shape index (κ2) is 6.89. The zero-order chi connectivity index (χ0) is 13.7. The normalized spacial score (nSPS) is 22.2. The zero-order valence-electron chi connectivity index (χ0n) is 11.5. The maximum absolute atomic E-state index is 9.99. The van der Waals surface area contributed by atoms with Crippen molar-refractivity contribution < 1.29 is 14.9 Å². The summed E-state index contributed by atoms with van der Waals surface area (Å²) in [4.78, 5) is 2.10. The van der Waals surface area contributed by atoms with Gasteiger partial charge in [0.05, 0.1) is 6.10 Å². The van der Waals surface area contributed by atoms with Crippen LogP contribution in [0.25, 0.3) is 0 Å². The molecule has 0 radical (unpaired) electrons. The first-order chi connectivity index (χ1) is 9.15. The molecular weight excluding hydrogens is 242 g/mol. The summed E-state index contributed by atoms with van der Waals surface area (Å²) in [5, 5.41) is 19.6. The number of likely N-dealkylation sites (tertiary alicyclic amines) is 1. The number of nitrogens with zero attached hydrogens (tertiary/aromatic N) is 1. The van der Waals surface area contributed by atoms with Gasteiger partial charge in [0.2, 0.25) is 0 Å². The van der Waals surface area contributed by atoms with E-state index in [1.54, 1.807) is 0 Å². The highest BCUT2D eigenvalue weighted by molar-refractivity contribution is 5.31. The molecule has 1 aliphatic heterocycles. The van der Waals surface area contributed by atoms with Gasteiger partial charge in [0.25, 0.3) is 0 Å². The average Bonchev–Trinajstić information content (AvgIpc) is 2.38. The van der Waals surface area contributed by atoms with Gasteiger partial charge in [-0.3, -0.25) is 4.90 Å². The lowest BCUT2D eigenvalue weighted by atomic mass is 10.1. The van der Waals surface area contributed by atoms with Crippen LogP contribution < -0.4 is 4.74 Å². The first-order valence-electron chi connectivity index (χ1n) is 6.92. The zero-order valence-corrected chi connectivity index (χ0v) is 11.5. The summed E-state index contributed by atoms with van der Waals surface area (Å²) in [5.74, 6) is 0.820. The molecule has 106 valence electrons. The number of para-hydroxylation sites is 1. The van der Waals surface area contributed by atoms with Crippen LogP contribution in [0.15, 0.2) is 24.3 Å². The van der Waals surface area contributed by atoms with E-state index in [0.29, 0.717) is 13.1 Å².